The zero-order valence-electron chi connectivity index (χ0n) is 12.6. The molecule has 1 unspecified atom stereocenters. The summed E-state index contributed by atoms with van der Waals surface area (Å²) < 4.78 is 0. The molecule has 0 aromatic heterocycles. The fraction of sp³-hybridized carbons (Fsp3) is 0.111. The summed E-state index contributed by atoms with van der Waals surface area (Å²) in [4.78, 5) is 12.2. The van der Waals surface area contributed by atoms with Gasteiger partial charge in [0.1, 0.15) is 11.6 Å². The molecule has 2 N–H and O–H groups in total. The smallest absolute Gasteiger partial charge is 0.263 e. The SMILES string of the molecule is CC(NC(=O)/C(C#N)=C\Nc1ccccc1Cl)c1ccccc1. The van der Waals surface area contributed by atoms with Crippen LogP contribution < -0.4 is 10.6 Å². The molecule has 0 saturated carbocycles. The van der Waals surface area contributed by atoms with Crippen molar-refractivity contribution in [2.75, 3.05) is 5.32 Å². The van der Waals surface area contributed by atoms with Crippen molar-refractivity contribution in [1.82, 2.24) is 5.32 Å². The number of nitrogens with zero attached hydrogens (tertiary/aromatic N) is 1. The number of rotatable bonds is 5. The Balaban J connectivity index is 2.05. The molecule has 0 heterocycles. The van der Waals surface area contributed by atoms with E-state index in [1.807, 2.05) is 49.4 Å². The summed E-state index contributed by atoms with van der Waals surface area (Å²) in [6.45, 7) is 1.86. The zero-order chi connectivity index (χ0) is 16.7. The Morgan fingerprint density at radius 3 is 2.48 bits per heavy atom. The van der Waals surface area contributed by atoms with Crippen LogP contribution in [0.25, 0.3) is 0 Å². The molecule has 0 bridgehead atoms. The number of hydrogen-bond acceptors (Lipinski definition) is 3. The monoisotopic (exact) mass is 325 g/mol. The van der Waals surface area contributed by atoms with Gasteiger partial charge in [0.25, 0.3) is 5.91 Å². The van der Waals surface area contributed by atoms with Gasteiger partial charge < -0.3 is 10.6 Å². The normalized spacial score (nSPS) is 12.1. The van der Waals surface area contributed by atoms with Crippen LogP contribution in [0.3, 0.4) is 0 Å². The van der Waals surface area contributed by atoms with Crippen LogP contribution in [-0.2, 0) is 4.79 Å². The Morgan fingerprint density at radius 2 is 1.83 bits per heavy atom. The van der Waals surface area contributed by atoms with E-state index in [1.54, 1.807) is 18.2 Å². The number of nitrogens with one attached hydrogen (secondary N) is 2. The first-order valence-electron chi connectivity index (χ1n) is 7.09. The van der Waals surface area contributed by atoms with Crippen molar-refractivity contribution in [3.05, 3.63) is 77.0 Å². The van der Waals surface area contributed by atoms with Gasteiger partial charge in [-0.05, 0) is 24.6 Å². The highest BCUT2D eigenvalue weighted by molar-refractivity contribution is 6.33. The first kappa shape index (κ1) is 16.6. The van der Waals surface area contributed by atoms with Crippen LogP contribution in [0.4, 0.5) is 5.69 Å². The van der Waals surface area contributed by atoms with Gasteiger partial charge in [-0.3, -0.25) is 4.79 Å². The maximum absolute atomic E-state index is 12.2. The van der Waals surface area contributed by atoms with Gasteiger partial charge in [-0.2, -0.15) is 5.26 Å². The number of benzene rings is 2. The minimum absolute atomic E-state index is 0.0206. The minimum atomic E-state index is -0.441. The summed E-state index contributed by atoms with van der Waals surface area (Å²) >= 11 is 6.02. The summed E-state index contributed by atoms with van der Waals surface area (Å²) in [5, 5.41) is 15.4. The van der Waals surface area contributed by atoms with E-state index in [-0.39, 0.29) is 11.6 Å². The third-order valence-electron chi connectivity index (χ3n) is 3.26. The Kier molecular flexibility index (Phi) is 5.79. The number of carbonyl (C=O) groups is 1. The Bertz CT molecular complexity index is 750. The van der Waals surface area contributed by atoms with Crippen molar-refractivity contribution >= 4 is 23.2 Å². The largest absolute Gasteiger partial charge is 0.359 e. The average molecular weight is 326 g/mol. The number of carbonyl (C=O) groups excluding carboxylic acids is 1. The first-order valence-corrected chi connectivity index (χ1v) is 7.46. The van der Waals surface area contributed by atoms with Crippen LogP contribution in [0.2, 0.25) is 5.02 Å². The highest BCUT2D eigenvalue weighted by Crippen LogP contribution is 2.20. The van der Waals surface area contributed by atoms with E-state index in [2.05, 4.69) is 10.6 Å². The van der Waals surface area contributed by atoms with Crippen molar-refractivity contribution in [3.63, 3.8) is 0 Å². The number of hydrogen-bond donors (Lipinski definition) is 2. The minimum Gasteiger partial charge on any atom is -0.359 e. The lowest BCUT2D eigenvalue weighted by atomic mass is 10.1. The molecule has 0 aliphatic heterocycles. The van der Waals surface area contributed by atoms with Gasteiger partial charge in [0.2, 0.25) is 0 Å². The van der Waals surface area contributed by atoms with Gasteiger partial charge in [0.15, 0.2) is 0 Å². The van der Waals surface area contributed by atoms with Gasteiger partial charge >= 0.3 is 0 Å². The second-order valence-electron chi connectivity index (χ2n) is 4.90. The molecule has 2 aromatic carbocycles. The topological polar surface area (TPSA) is 64.9 Å². The zero-order valence-corrected chi connectivity index (χ0v) is 13.3. The van der Waals surface area contributed by atoms with E-state index in [0.29, 0.717) is 10.7 Å². The molecular formula is C18H16ClN3O. The molecule has 0 fully saturated rings. The summed E-state index contributed by atoms with van der Waals surface area (Å²) in [7, 11) is 0. The van der Waals surface area contributed by atoms with Gasteiger partial charge in [-0.25, -0.2) is 0 Å². The molecule has 0 aliphatic rings. The number of halogens is 1. The molecule has 2 rings (SSSR count). The van der Waals surface area contributed by atoms with Gasteiger partial charge in [-0.1, -0.05) is 54.1 Å². The Morgan fingerprint density at radius 1 is 1.17 bits per heavy atom. The van der Waals surface area contributed by atoms with Crippen molar-refractivity contribution in [2.24, 2.45) is 0 Å². The van der Waals surface area contributed by atoms with Crippen molar-refractivity contribution in [2.45, 2.75) is 13.0 Å². The highest BCUT2D eigenvalue weighted by atomic mass is 35.5. The van der Waals surface area contributed by atoms with E-state index in [4.69, 9.17) is 11.6 Å². The van der Waals surface area contributed by atoms with Crippen LogP contribution in [0, 0.1) is 11.3 Å². The van der Waals surface area contributed by atoms with Crippen molar-refractivity contribution in [3.8, 4) is 6.07 Å². The molecule has 0 spiro atoms. The third kappa shape index (κ3) is 4.60. The van der Waals surface area contributed by atoms with E-state index >= 15 is 0 Å². The Hall–Kier alpha value is -2.77. The van der Waals surface area contributed by atoms with Crippen LogP contribution in [-0.4, -0.2) is 5.91 Å². The van der Waals surface area contributed by atoms with E-state index in [0.717, 1.165) is 5.56 Å². The molecular weight excluding hydrogens is 310 g/mol. The maximum atomic E-state index is 12.2. The van der Waals surface area contributed by atoms with Crippen LogP contribution in [0.1, 0.15) is 18.5 Å². The number of amides is 1. The number of para-hydroxylation sites is 1. The molecule has 0 aliphatic carbocycles. The molecule has 0 saturated heterocycles. The second-order valence-corrected chi connectivity index (χ2v) is 5.31. The van der Waals surface area contributed by atoms with Crippen molar-refractivity contribution in [1.29, 1.82) is 5.26 Å². The second kappa shape index (κ2) is 8.02. The third-order valence-corrected chi connectivity index (χ3v) is 3.59. The lowest BCUT2D eigenvalue weighted by molar-refractivity contribution is -0.117. The molecule has 5 heteroatoms. The molecule has 1 amide bonds. The van der Waals surface area contributed by atoms with Crippen LogP contribution in [0.15, 0.2) is 66.4 Å². The summed E-state index contributed by atoms with van der Waals surface area (Å²) in [6, 6.07) is 18.3. The summed E-state index contributed by atoms with van der Waals surface area (Å²) in [5.74, 6) is -0.441. The predicted molar refractivity (Wildman–Crippen MR) is 91.8 cm³/mol. The lowest BCUT2D eigenvalue weighted by Gasteiger charge is -2.14. The van der Waals surface area contributed by atoms with E-state index in [9.17, 15) is 10.1 Å². The fourth-order valence-electron chi connectivity index (χ4n) is 1.98. The number of anilines is 1. The van der Waals surface area contributed by atoms with Gasteiger partial charge in [0, 0.05) is 6.20 Å². The fourth-order valence-corrected chi connectivity index (χ4v) is 2.17. The molecule has 23 heavy (non-hydrogen) atoms. The quantitative estimate of drug-likeness (QED) is 0.644. The van der Waals surface area contributed by atoms with Crippen molar-refractivity contribution < 1.29 is 4.79 Å². The standard InChI is InChI=1S/C18H16ClN3O/c1-13(14-7-3-2-4-8-14)22-18(23)15(11-20)12-21-17-10-6-5-9-16(17)19/h2-10,12-13,21H,1H3,(H,22,23)/b15-12-. The highest BCUT2D eigenvalue weighted by Gasteiger charge is 2.13. The molecule has 116 valence electrons. The first-order chi connectivity index (χ1) is 11.1. The van der Waals surface area contributed by atoms with Gasteiger partial charge in [0.05, 0.1) is 16.8 Å². The summed E-state index contributed by atoms with van der Waals surface area (Å²) in [5.41, 5.74) is 1.58. The predicted octanol–water partition coefficient (Wildman–Crippen LogP) is 4.04. The lowest BCUT2D eigenvalue weighted by Crippen LogP contribution is -2.28. The summed E-state index contributed by atoms with van der Waals surface area (Å²) in [6.07, 6.45) is 1.36. The van der Waals surface area contributed by atoms with Gasteiger partial charge in [-0.15, -0.1) is 0 Å². The molecule has 2 aromatic rings. The Labute approximate surface area is 140 Å². The van der Waals surface area contributed by atoms with Crippen LogP contribution >= 0.6 is 11.6 Å². The molecule has 1 atom stereocenters. The van der Waals surface area contributed by atoms with E-state index < -0.39 is 5.91 Å². The van der Waals surface area contributed by atoms with E-state index in [1.165, 1.54) is 6.20 Å². The number of nitriles is 1. The van der Waals surface area contributed by atoms with Crippen LogP contribution in [0.5, 0.6) is 0 Å². The maximum Gasteiger partial charge on any atom is 0.263 e. The molecule has 0 radical (unpaired) electrons. The average Bonchev–Trinajstić information content (AvgIpc) is 2.57. The molecule has 4 nitrogen and oxygen atoms in total.